The number of ether oxygens (including phenoxy) is 1. The predicted molar refractivity (Wildman–Crippen MR) is 132 cm³/mol. The molecule has 1 heterocycles. The van der Waals surface area contributed by atoms with Crippen molar-refractivity contribution >= 4 is 58.3 Å². The minimum absolute atomic E-state index is 0.125. The maximum Gasteiger partial charge on any atom is 0.338 e. The summed E-state index contributed by atoms with van der Waals surface area (Å²) in [7, 11) is 0. The van der Waals surface area contributed by atoms with Crippen molar-refractivity contribution in [1.82, 2.24) is 0 Å². The number of aryl methyl sites for hydroxylation is 1. The van der Waals surface area contributed by atoms with E-state index < -0.39 is 30.3 Å². The SMILES string of the molecule is CCc1ccc(NC(=O)COC(=O)c2cccc(N3C(=O)[C@@H]4[C@H]5C[C@@H]([C@H](Cl)[C@H]5Cl)[C@H]4C3=O)c2)cc1. The number of nitrogens with one attached hydrogen (secondary N) is 1. The van der Waals surface area contributed by atoms with Crippen molar-refractivity contribution in [1.29, 1.82) is 0 Å². The molecule has 0 radical (unpaired) electrons. The Labute approximate surface area is 212 Å². The highest BCUT2D eigenvalue weighted by molar-refractivity contribution is 6.32. The molecule has 2 saturated carbocycles. The lowest BCUT2D eigenvalue weighted by atomic mass is 9.80. The van der Waals surface area contributed by atoms with E-state index in [0.29, 0.717) is 17.8 Å². The largest absolute Gasteiger partial charge is 0.452 e. The van der Waals surface area contributed by atoms with Gasteiger partial charge in [-0.15, -0.1) is 23.2 Å². The van der Waals surface area contributed by atoms with E-state index in [0.717, 1.165) is 16.9 Å². The van der Waals surface area contributed by atoms with Crippen LogP contribution in [0.25, 0.3) is 0 Å². The fraction of sp³-hybridized carbons (Fsp3) is 0.385. The fourth-order valence-electron chi connectivity index (χ4n) is 5.61. The third-order valence-electron chi connectivity index (χ3n) is 7.31. The van der Waals surface area contributed by atoms with Gasteiger partial charge in [-0.2, -0.15) is 0 Å². The van der Waals surface area contributed by atoms with E-state index in [9.17, 15) is 19.2 Å². The summed E-state index contributed by atoms with van der Waals surface area (Å²) in [5.41, 5.74) is 2.18. The lowest BCUT2D eigenvalue weighted by Gasteiger charge is -2.28. The van der Waals surface area contributed by atoms with Gasteiger partial charge in [0, 0.05) is 5.69 Å². The highest BCUT2D eigenvalue weighted by Crippen LogP contribution is 2.59. The number of esters is 1. The van der Waals surface area contributed by atoms with Crippen LogP contribution in [0.15, 0.2) is 48.5 Å². The van der Waals surface area contributed by atoms with Crippen molar-refractivity contribution in [2.45, 2.75) is 30.5 Å². The van der Waals surface area contributed by atoms with Crippen LogP contribution in [0.3, 0.4) is 0 Å². The number of carbonyl (C=O) groups is 4. The molecule has 35 heavy (non-hydrogen) atoms. The Morgan fingerprint density at radius 3 is 2.23 bits per heavy atom. The standard InChI is InChI=1S/C26H24Cl2N2O5/c1-2-13-6-8-15(9-7-13)29-19(31)12-35-26(34)14-4-3-5-16(10-14)30-24(32)20-17-11-18(21(20)25(30)33)23(28)22(17)27/h3-10,17-18,20-23H,2,11-12H2,1H3,(H,29,31)/t17-,18-,20-,21-,22+,23+/m1/s1. The number of alkyl halides is 2. The summed E-state index contributed by atoms with van der Waals surface area (Å²) >= 11 is 12.8. The van der Waals surface area contributed by atoms with Crippen LogP contribution in [0.2, 0.25) is 0 Å². The third-order valence-corrected chi connectivity index (χ3v) is 8.63. The number of benzene rings is 2. The zero-order valence-corrected chi connectivity index (χ0v) is 20.5. The number of imide groups is 1. The molecule has 1 aliphatic heterocycles. The maximum atomic E-state index is 13.2. The lowest BCUT2D eigenvalue weighted by Crippen LogP contribution is -2.37. The molecule has 2 aromatic carbocycles. The predicted octanol–water partition coefficient (Wildman–Crippen LogP) is 4.01. The molecule has 0 spiro atoms. The Bertz CT molecular complexity index is 1170. The van der Waals surface area contributed by atoms with Gasteiger partial charge in [-0.25, -0.2) is 4.79 Å². The molecule has 3 aliphatic rings. The molecule has 5 rings (SSSR count). The summed E-state index contributed by atoms with van der Waals surface area (Å²) in [6, 6.07) is 13.5. The van der Waals surface area contributed by atoms with Crippen molar-refractivity contribution in [3.63, 3.8) is 0 Å². The highest BCUT2D eigenvalue weighted by atomic mass is 35.5. The van der Waals surface area contributed by atoms with Crippen molar-refractivity contribution < 1.29 is 23.9 Å². The second-order valence-corrected chi connectivity index (χ2v) is 10.2. The average Bonchev–Trinajstić information content (AvgIpc) is 3.47. The number of hydrogen-bond acceptors (Lipinski definition) is 5. The first kappa shape index (κ1) is 23.8. The highest BCUT2D eigenvalue weighted by Gasteiger charge is 2.66. The molecule has 7 nitrogen and oxygen atoms in total. The normalized spacial score (nSPS) is 28.8. The minimum atomic E-state index is -0.732. The van der Waals surface area contributed by atoms with Gasteiger partial charge < -0.3 is 10.1 Å². The van der Waals surface area contributed by atoms with Gasteiger partial charge in [0.05, 0.1) is 33.8 Å². The van der Waals surface area contributed by atoms with Crippen LogP contribution in [0.4, 0.5) is 11.4 Å². The number of carbonyl (C=O) groups excluding carboxylic acids is 4. The van der Waals surface area contributed by atoms with E-state index in [-0.39, 0.29) is 40.0 Å². The molecule has 2 aliphatic carbocycles. The van der Waals surface area contributed by atoms with Crippen LogP contribution >= 0.6 is 23.2 Å². The molecule has 1 N–H and O–H groups in total. The van der Waals surface area contributed by atoms with E-state index in [1.165, 1.54) is 12.1 Å². The van der Waals surface area contributed by atoms with Gasteiger partial charge in [-0.3, -0.25) is 19.3 Å². The van der Waals surface area contributed by atoms with Crippen molar-refractivity contribution in [3.8, 4) is 0 Å². The lowest BCUT2D eigenvalue weighted by molar-refractivity contribution is -0.123. The quantitative estimate of drug-likeness (QED) is 0.357. The van der Waals surface area contributed by atoms with Crippen molar-refractivity contribution in [2.24, 2.45) is 23.7 Å². The van der Waals surface area contributed by atoms with Gasteiger partial charge >= 0.3 is 5.97 Å². The second-order valence-electron chi connectivity index (χ2n) is 9.24. The maximum absolute atomic E-state index is 13.2. The summed E-state index contributed by atoms with van der Waals surface area (Å²) in [6.45, 7) is 1.57. The topological polar surface area (TPSA) is 92.8 Å². The van der Waals surface area contributed by atoms with Crippen LogP contribution in [0.5, 0.6) is 0 Å². The first-order valence-electron chi connectivity index (χ1n) is 11.6. The zero-order valence-electron chi connectivity index (χ0n) is 18.9. The molecular formula is C26H24Cl2N2O5. The first-order chi connectivity index (χ1) is 16.8. The number of rotatable bonds is 6. The van der Waals surface area contributed by atoms with Crippen LogP contribution in [0, 0.1) is 23.7 Å². The van der Waals surface area contributed by atoms with Crippen LogP contribution in [-0.4, -0.2) is 41.1 Å². The van der Waals surface area contributed by atoms with Gasteiger partial charge in [-0.05, 0) is 60.6 Å². The zero-order chi connectivity index (χ0) is 24.9. The Kier molecular flexibility index (Phi) is 6.32. The van der Waals surface area contributed by atoms with Gasteiger partial charge in [0.15, 0.2) is 6.61 Å². The van der Waals surface area contributed by atoms with Gasteiger partial charge in [0.1, 0.15) is 0 Å². The number of nitrogens with zero attached hydrogens (tertiary/aromatic N) is 1. The molecule has 0 unspecified atom stereocenters. The summed E-state index contributed by atoms with van der Waals surface area (Å²) in [5.74, 6) is -3.02. The molecule has 2 aromatic rings. The summed E-state index contributed by atoms with van der Waals surface area (Å²) in [5, 5.41) is 2.00. The van der Waals surface area contributed by atoms with Crippen LogP contribution in [0.1, 0.15) is 29.3 Å². The fourth-order valence-corrected chi connectivity index (χ4v) is 6.50. The molecule has 6 atom stereocenters. The summed E-state index contributed by atoms with van der Waals surface area (Å²) in [4.78, 5) is 52.3. The van der Waals surface area contributed by atoms with E-state index in [1.807, 2.05) is 19.1 Å². The number of amides is 3. The van der Waals surface area contributed by atoms with E-state index in [4.69, 9.17) is 27.9 Å². The Morgan fingerprint density at radius 1 is 1.00 bits per heavy atom. The molecule has 3 fully saturated rings. The van der Waals surface area contributed by atoms with E-state index in [2.05, 4.69) is 5.32 Å². The minimum Gasteiger partial charge on any atom is -0.452 e. The van der Waals surface area contributed by atoms with Gasteiger partial charge in [0.2, 0.25) is 11.8 Å². The Balaban J connectivity index is 1.24. The molecule has 1 saturated heterocycles. The number of halogens is 2. The molecule has 182 valence electrons. The molecular weight excluding hydrogens is 491 g/mol. The van der Waals surface area contributed by atoms with E-state index >= 15 is 0 Å². The Morgan fingerprint density at radius 2 is 1.63 bits per heavy atom. The average molecular weight is 515 g/mol. The molecule has 3 amide bonds. The second kappa shape index (κ2) is 9.28. The third kappa shape index (κ3) is 4.10. The van der Waals surface area contributed by atoms with E-state index in [1.54, 1.807) is 24.3 Å². The molecule has 2 bridgehead atoms. The molecule has 0 aromatic heterocycles. The smallest absolute Gasteiger partial charge is 0.338 e. The number of hydrogen-bond donors (Lipinski definition) is 1. The number of anilines is 2. The van der Waals surface area contributed by atoms with Crippen molar-refractivity contribution in [2.75, 3.05) is 16.8 Å². The monoisotopic (exact) mass is 514 g/mol. The van der Waals surface area contributed by atoms with Crippen LogP contribution < -0.4 is 10.2 Å². The Hall–Kier alpha value is -2.90. The first-order valence-corrected chi connectivity index (χ1v) is 12.5. The van der Waals surface area contributed by atoms with Crippen LogP contribution in [-0.2, 0) is 25.5 Å². The summed E-state index contributed by atoms with van der Waals surface area (Å²) < 4.78 is 5.15. The van der Waals surface area contributed by atoms with Crippen molar-refractivity contribution in [3.05, 3.63) is 59.7 Å². The number of fused-ring (bicyclic) bond motifs is 5. The van der Waals surface area contributed by atoms with Gasteiger partial charge in [-0.1, -0.05) is 25.1 Å². The summed E-state index contributed by atoms with van der Waals surface area (Å²) in [6.07, 6.45) is 1.57. The van der Waals surface area contributed by atoms with Gasteiger partial charge in [0.25, 0.3) is 5.91 Å². The molecule has 9 heteroatoms.